The molecule has 0 saturated carbocycles. The van der Waals surface area contributed by atoms with Crippen LogP contribution < -0.4 is 4.74 Å². The summed E-state index contributed by atoms with van der Waals surface area (Å²) in [5, 5.41) is 8.84. The van der Waals surface area contributed by atoms with E-state index in [9.17, 15) is 13.6 Å². The second-order valence-corrected chi connectivity index (χ2v) is 3.16. The summed E-state index contributed by atoms with van der Waals surface area (Å²) >= 11 is 0. The van der Waals surface area contributed by atoms with Crippen LogP contribution in [0.1, 0.15) is 18.1 Å². The maximum atomic E-state index is 12.0. The first-order valence-corrected chi connectivity index (χ1v) is 4.51. The molecule has 0 amide bonds. The van der Waals surface area contributed by atoms with Crippen molar-refractivity contribution in [1.29, 1.82) is 5.26 Å². The SMILES string of the molecule is CC(=O)Cc1cccc(OC(F)F)c1C#N. The molecule has 3 nitrogen and oxygen atoms in total. The number of hydrogen-bond donors (Lipinski definition) is 0. The summed E-state index contributed by atoms with van der Waals surface area (Å²) in [4.78, 5) is 10.9. The molecular formula is C11H9F2NO2. The summed E-state index contributed by atoms with van der Waals surface area (Å²) in [6.07, 6.45) is 0.0311. The molecule has 0 heterocycles. The quantitative estimate of drug-likeness (QED) is 0.789. The van der Waals surface area contributed by atoms with Gasteiger partial charge in [0.1, 0.15) is 17.6 Å². The van der Waals surface area contributed by atoms with Gasteiger partial charge in [-0.15, -0.1) is 0 Å². The number of carbonyl (C=O) groups is 1. The lowest BCUT2D eigenvalue weighted by Gasteiger charge is -2.09. The van der Waals surface area contributed by atoms with E-state index in [0.717, 1.165) is 0 Å². The van der Waals surface area contributed by atoms with Gasteiger partial charge in [0.05, 0.1) is 5.56 Å². The molecule has 84 valence electrons. The Bertz CT molecular complexity index is 438. The normalized spacial score (nSPS) is 9.94. The standard InChI is InChI=1S/C11H9F2NO2/c1-7(15)5-8-3-2-4-10(9(8)6-14)16-11(12)13/h2-4,11H,5H2,1H3. The van der Waals surface area contributed by atoms with Crippen LogP contribution in [0.25, 0.3) is 0 Å². The first kappa shape index (κ1) is 12.1. The molecule has 0 radical (unpaired) electrons. The topological polar surface area (TPSA) is 50.1 Å². The Kier molecular flexibility index (Phi) is 3.95. The van der Waals surface area contributed by atoms with Crippen LogP contribution in [-0.4, -0.2) is 12.4 Å². The van der Waals surface area contributed by atoms with Crippen LogP contribution >= 0.6 is 0 Å². The number of halogens is 2. The summed E-state index contributed by atoms with van der Waals surface area (Å²) in [5.41, 5.74) is 0.381. The Hall–Kier alpha value is -1.96. The summed E-state index contributed by atoms with van der Waals surface area (Å²) in [6.45, 7) is -1.62. The molecule has 1 rings (SSSR count). The Labute approximate surface area is 91.3 Å². The minimum atomic E-state index is -2.99. The van der Waals surface area contributed by atoms with Crippen molar-refractivity contribution >= 4 is 5.78 Å². The number of ketones is 1. The van der Waals surface area contributed by atoms with E-state index in [0.29, 0.717) is 5.56 Å². The summed E-state index contributed by atoms with van der Waals surface area (Å²) in [5.74, 6) is -0.345. The Morgan fingerprint density at radius 3 is 2.75 bits per heavy atom. The third-order valence-electron chi connectivity index (χ3n) is 1.88. The molecule has 0 spiro atoms. The highest BCUT2D eigenvalue weighted by molar-refractivity contribution is 5.79. The van der Waals surface area contributed by atoms with E-state index >= 15 is 0 Å². The van der Waals surface area contributed by atoms with E-state index in [1.807, 2.05) is 0 Å². The summed E-state index contributed by atoms with van der Waals surface area (Å²) in [7, 11) is 0. The molecule has 0 aromatic heterocycles. The highest BCUT2D eigenvalue weighted by Gasteiger charge is 2.13. The van der Waals surface area contributed by atoms with Crippen molar-refractivity contribution in [1.82, 2.24) is 0 Å². The van der Waals surface area contributed by atoms with Crippen molar-refractivity contribution in [2.45, 2.75) is 20.0 Å². The van der Waals surface area contributed by atoms with Gasteiger partial charge >= 0.3 is 6.61 Å². The third-order valence-corrected chi connectivity index (χ3v) is 1.88. The zero-order chi connectivity index (χ0) is 12.1. The number of carbonyl (C=O) groups excluding carboxylic acids is 1. The van der Waals surface area contributed by atoms with E-state index in [4.69, 9.17) is 5.26 Å². The lowest BCUT2D eigenvalue weighted by atomic mass is 10.0. The van der Waals surface area contributed by atoms with Gasteiger partial charge in [-0.2, -0.15) is 14.0 Å². The van der Waals surface area contributed by atoms with Gasteiger partial charge < -0.3 is 4.74 Å². The number of nitriles is 1. The smallest absolute Gasteiger partial charge is 0.387 e. The molecule has 0 atom stereocenters. The van der Waals surface area contributed by atoms with Crippen LogP contribution in [0.3, 0.4) is 0 Å². The highest BCUT2D eigenvalue weighted by atomic mass is 19.3. The van der Waals surface area contributed by atoms with Crippen LogP contribution in [-0.2, 0) is 11.2 Å². The minimum Gasteiger partial charge on any atom is -0.433 e. The number of hydrogen-bond acceptors (Lipinski definition) is 3. The van der Waals surface area contributed by atoms with Crippen molar-refractivity contribution in [3.63, 3.8) is 0 Å². The highest BCUT2D eigenvalue weighted by Crippen LogP contribution is 2.23. The fourth-order valence-electron chi connectivity index (χ4n) is 1.31. The molecule has 16 heavy (non-hydrogen) atoms. The predicted octanol–water partition coefficient (Wildman–Crippen LogP) is 2.29. The second kappa shape index (κ2) is 5.21. The van der Waals surface area contributed by atoms with Gasteiger partial charge in [-0.25, -0.2) is 0 Å². The average Bonchev–Trinajstić information content (AvgIpc) is 2.16. The number of Topliss-reactive ketones (excluding diaryl/α,β-unsaturated/α-hetero) is 1. The van der Waals surface area contributed by atoms with E-state index in [1.165, 1.54) is 25.1 Å². The monoisotopic (exact) mass is 225 g/mol. The first-order valence-electron chi connectivity index (χ1n) is 4.51. The molecule has 0 N–H and O–H groups in total. The fraction of sp³-hybridized carbons (Fsp3) is 0.273. The van der Waals surface area contributed by atoms with Crippen molar-refractivity contribution in [2.24, 2.45) is 0 Å². The van der Waals surface area contributed by atoms with E-state index < -0.39 is 6.61 Å². The molecule has 0 bridgehead atoms. The van der Waals surface area contributed by atoms with Crippen molar-refractivity contribution in [2.75, 3.05) is 0 Å². The maximum Gasteiger partial charge on any atom is 0.387 e. The number of rotatable bonds is 4. The van der Waals surface area contributed by atoms with E-state index in [1.54, 1.807) is 6.07 Å². The van der Waals surface area contributed by atoms with Crippen LogP contribution in [0.5, 0.6) is 5.75 Å². The van der Waals surface area contributed by atoms with Gasteiger partial charge in [-0.3, -0.25) is 4.79 Å². The molecule has 1 aromatic rings. The summed E-state index contributed by atoms with van der Waals surface area (Å²) in [6, 6.07) is 6.05. The lowest BCUT2D eigenvalue weighted by Crippen LogP contribution is -2.06. The van der Waals surface area contributed by atoms with Crippen molar-refractivity contribution in [3.05, 3.63) is 29.3 Å². The van der Waals surface area contributed by atoms with E-state index in [2.05, 4.69) is 4.74 Å². The Morgan fingerprint density at radius 2 is 2.25 bits per heavy atom. The van der Waals surface area contributed by atoms with Gasteiger partial charge in [0, 0.05) is 6.42 Å². The number of alkyl halides is 2. The minimum absolute atomic E-state index is 0.0157. The molecule has 0 aliphatic carbocycles. The number of nitrogens with zero attached hydrogens (tertiary/aromatic N) is 1. The maximum absolute atomic E-state index is 12.0. The van der Waals surface area contributed by atoms with Gasteiger partial charge in [0.25, 0.3) is 0 Å². The molecule has 1 aromatic carbocycles. The zero-order valence-corrected chi connectivity index (χ0v) is 8.54. The van der Waals surface area contributed by atoms with Gasteiger partial charge in [-0.1, -0.05) is 12.1 Å². The van der Waals surface area contributed by atoms with Crippen molar-refractivity contribution < 1.29 is 18.3 Å². The molecular weight excluding hydrogens is 216 g/mol. The van der Waals surface area contributed by atoms with Crippen LogP contribution in [0.2, 0.25) is 0 Å². The molecule has 0 aliphatic heterocycles. The second-order valence-electron chi connectivity index (χ2n) is 3.16. The molecule has 0 fully saturated rings. The molecule has 0 unspecified atom stereocenters. The van der Waals surface area contributed by atoms with Crippen LogP contribution in [0, 0.1) is 11.3 Å². The fourth-order valence-corrected chi connectivity index (χ4v) is 1.31. The van der Waals surface area contributed by atoms with Gasteiger partial charge in [0.2, 0.25) is 0 Å². The largest absolute Gasteiger partial charge is 0.433 e. The van der Waals surface area contributed by atoms with E-state index in [-0.39, 0.29) is 23.5 Å². The Balaban J connectivity index is 3.11. The molecule has 0 aliphatic rings. The summed E-state index contributed by atoms with van der Waals surface area (Å²) < 4.78 is 28.3. The first-order chi connectivity index (χ1) is 7.54. The lowest BCUT2D eigenvalue weighted by molar-refractivity contribution is -0.116. The van der Waals surface area contributed by atoms with Crippen LogP contribution in [0.4, 0.5) is 8.78 Å². The Morgan fingerprint density at radius 1 is 1.56 bits per heavy atom. The average molecular weight is 225 g/mol. The van der Waals surface area contributed by atoms with Crippen LogP contribution in [0.15, 0.2) is 18.2 Å². The molecule has 5 heteroatoms. The van der Waals surface area contributed by atoms with Gasteiger partial charge in [0.15, 0.2) is 0 Å². The number of benzene rings is 1. The zero-order valence-electron chi connectivity index (χ0n) is 8.54. The third kappa shape index (κ3) is 3.02. The van der Waals surface area contributed by atoms with Gasteiger partial charge in [-0.05, 0) is 18.6 Å². The van der Waals surface area contributed by atoms with Crippen molar-refractivity contribution in [3.8, 4) is 11.8 Å². The molecule has 0 saturated heterocycles. The number of ether oxygens (including phenoxy) is 1. The predicted molar refractivity (Wildman–Crippen MR) is 52.2 cm³/mol.